The largest absolute Gasteiger partial charge is 0.388 e. The molecule has 3 rings (SSSR count). The van der Waals surface area contributed by atoms with Crippen LogP contribution in [0.2, 0.25) is 0 Å². The molecule has 2 fully saturated rings. The normalized spacial score (nSPS) is 22.6. The Hall–Kier alpha value is -0.970. The molecule has 4 heteroatoms. The smallest absolute Gasteiger partial charge is 0.123 e. The molecule has 0 amide bonds. The van der Waals surface area contributed by atoms with Crippen LogP contribution in [0, 0.1) is 5.82 Å². The first-order valence-corrected chi connectivity index (χ1v) is 9.62. The van der Waals surface area contributed by atoms with Crippen molar-refractivity contribution >= 4 is 0 Å². The van der Waals surface area contributed by atoms with Gasteiger partial charge in [0.2, 0.25) is 0 Å². The molecule has 1 unspecified atom stereocenters. The highest BCUT2D eigenvalue weighted by Gasteiger charge is 2.25. The van der Waals surface area contributed by atoms with Crippen molar-refractivity contribution in [2.45, 2.75) is 57.1 Å². The van der Waals surface area contributed by atoms with Gasteiger partial charge in [-0.15, -0.1) is 0 Å². The van der Waals surface area contributed by atoms with Gasteiger partial charge in [0.05, 0.1) is 6.10 Å². The maximum absolute atomic E-state index is 12.9. The van der Waals surface area contributed by atoms with E-state index in [1.165, 1.54) is 70.4 Å². The third kappa shape index (κ3) is 5.01. The van der Waals surface area contributed by atoms with E-state index in [-0.39, 0.29) is 5.82 Å². The summed E-state index contributed by atoms with van der Waals surface area (Å²) in [6.07, 6.45) is 8.01. The lowest BCUT2D eigenvalue weighted by Crippen LogP contribution is -2.46. The average Bonchev–Trinajstić information content (AvgIpc) is 2.63. The van der Waals surface area contributed by atoms with Crippen LogP contribution in [0.5, 0.6) is 0 Å². The number of benzene rings is 1. The molecule has 0 saturated carbocycles. The SMILES string of the molecule is OC(CCCN1CCC(N2CCCCC2)CC1)c1ccc(F)cc1. The molecule has 1 aromatic rings. The zero-order valence-corrected chi connectivity index (χ0v) is 14.7. The Balaban J connectivity index is 1.33. The molecule has 2 heterocycles. The summed E-state index contributed by atoms with van der Waals surface area (Å²) in [6, 6.07) is 7.01. The molecule has 0 radical (unpaired) electrons. The van der Waals surface area contributed by atoms with Gasteiger partial charge in [-0.3, -0.25) is 0 Å². The van der Waals surface area contributed by atoms with Gasteiger partial charge < -0.3 is 14.9 Å². The Bertz CT molecular complexity index is 479. The average molecular weight is 334 g/mol. The molecule has 0 spiro atoms. The van der Waals surface area contributed by atoms with E-state index in [9.17, 15) is 9.50 Å². The van der Waals surface area contributed by atoms with E-state index in [1.807, 2.05) is 0 Å². The van der Waals surface area contributed by atoms with Crippen LogP contribution in [-0.2, 0) is 0 Å². The molecule has 0 aliphatic carbocycles. The second-order valence-electron chi connectivity index (χ2n) is 7.38. The molecule has 1 atom stereocenters. The Labute approximate surface area is 145 Å². The minimum Gasteiger partial charge on any atom is -0.388 e. The first kappa shape index (κ1) is 17.8. The van der Waals surface area contributed by atoms with E-state index < -0.39 is 6.10 Å². The number of aliphatic hydroxyl groups is 1. The van der Waals surface area contributed by atoms with Crippen molar-refractivity contribution in [3.63, 3.8) is 0 Å². The Morgan fingerprint density at radius 2 is 1.67 bits per heavy atom. The molecule has 0 aromatic heterocycles. The number of hydrogen-bond acceptors (Lipinski definition) is 3. The molecule has 0 bridgehead atoms. The molecule has 2 saturated heterocycles. The molecule has 1 aromatic carbocycles. The lowest BCUT2D eigenvalue weighted by molar-refractivity contribution is 0.0882. The lowest BCUT2D eigenvalue weighted by Gasteiger charge is -2.40. The van der Waals surface area contributed by atoms with Crippen molar-refractivity contribution in [1.29, 1.82) is 0 Å². The van der Waals surface area contributed by atoms with Crippen LogP contribution < -0.4 is 0 Å². The van der Waals surface area contributed by atoms with Crippen LogP contribution in [0.25, 0.3) is 0 Å². The van der Waals surface area contributed by atoms with Crippen LogP contribution in [0.15, 0.2) is 24.3 Å². The van der Waals surface area contributed by atoms with Gasteiger partial charge in [-0.25, -0.2) is 4.39 Å². The highest BCUT2D eigenvalue weighted by Crippen LogP contribution is 2.22. The maximum atomic E-state index is 12.9. The van der Waals surface area contributed by atoms with E-state index in [0.717, 1.165) is 31.0 Å². The van der Waals surface area contributed by atoms with Gasteiger partial charge in [-0.2, -0.15) is 0 Å². The van der Waals surface area contributed by atoms with Crippen molar-refractivity contribution in [1.82, 2.24) is 9.80 Å². The minimum absolute atomic E-state index is 0.248. The highest BCUT2D eigenvalue weighted by molar-refractivity contribution is 5.18. The van der Waals surface area contributed by atoms with Crippen LogP contribution in [0.4, 0.5) is 4.39 Å². The standard InChI is InChI=1S/C20H31FN2O/c21-18-8-6-17(7-9-18)20(24)5-4-12-22-15-10-19(11-16-22)23-13-2-1-3-14-23/h6-9,19-20,24H,1-5,10-16H2. The van der Waals surface area contributed by atoms with Gasteiger partial charge in [0, 0.05) is 6.04 Å². The van der Waals surface area contributed by atoms with Crippen LogP contribution in [0.3, 0.4) is 0 Å². The fourth-order valence-corrected chi connectivity index (χ4v) is 4.15. The van der Waals surface area contributed by atoms with Gasteiger partial charge in [0.15, 0.2) is 0 Å². The third-order valence-electron chi connectivity index (χ3n) is 5.67. The zero-order chi connectivity index (χ0) is 16.8. The maximum Gasteiger partial charge on any atom is 0.123 e. The summed E-state index contributed by atoms with van der Waals surface area (Å²) >= 11 is 0. The van der Waals surface area contributed by atoms with Crippen molar-refractivity contribution in [2.75, 3.05) is 32.7 Å². The van der Waals surface area contributed by atoms with Crippen molar-refractivity contribution in [2.24, 2.45) is 0 Å². The summed E-state index contributed by atoms with van der Waals surface area (Å²) in [7, 11) is 0. The van der Waals surface area contributed by atoms with Crippen molar-refractivity contribution < 1.29 is 9.50 Å². The summed E-state index contributed by atoms with van der Waals surface area (Å²) in [5.74, 6) is -0.248. The lowest BCUT2D eigenvalue weighted by atomic mass is 9.99. The quantitative estimate of drug-likeness (QED) is 0.861. The van der Waals surface area contributed by atoms with E-state index in [1.54, 1.807) is 12.1 Å². The Morgan fingerprint density at radius 3 is 2.33 bits per heavy atom. The molecule has 2 aliphatic rings. The first-order valence-electron chi connectivity index (χ1n) is 9.62. The Morgan fingerprint density at radius 1 is 1.00 bits per heavy atom. The van der Waals surface area contributed by atoms with Gasteiger partial charge in [0.1, 0.15) is 5.82 Å². The number of likely N-dealkylation sites (tertiary alicyclic amines) is 2. The minimum atomic E-state index is -0.475. The van der Waals surface area contributed by atoms with Crippen LogP contribution in [-0.4, -0.2) is 53.7 Å². The van der Waals surface area contributed by atoms with E-state index in [2.05, 4.69) is 9.80 Å². The Kier molecular flexibility index (Phi) is 6.64. The zero-order valence-electron chi connectivity index (χ0n) is 14.7. The molecule has 134 valence electrons. The fourth-order valence-electron chi connectivity index (χ4n) is 4.15. The van der Waals surface area contributed by atoms with Gasteiger partial charge in [-0.05, 0) is 88.9 Å². The number of hydrogen-bond donors (Lipinski definition) is 1. The number of nitrogens with zero attached hydrogens (tertiary/aromatic N) is 2. The number of aliphatic hydroxyl groups excluding tert-OH is 1. The molecular weight excluding hydrogens is 303 g/mol. The van der Waals surface area contributed by atoms with E-state index >= 15 is 0 Å². The monoisotopic (exact) mass is 334 g/mol. The topological polar surface area (TPSA) is 26.7 Å². The van der Waals surface area contributed by atoms with Gasteiger partial charge in [0.25, 0.3) is 0 Å². The second kappa shape index (κ2) is 8.93. The molecule has 1 N–H and O–H groups in total. The molecule has 24 heavy (non-hydrogen) atoms. The summed E-state index contributed by atoms with van der Waals surface area (Å²) < 4.78 is 12.9. The van der Waals surface area contributed by atoms with Crippen molar-refractivity contribution in [3.8, 4) is 0 Å². The number of piperidine rings is 2. The number of rotatable bonds is 6. The second-order valence-corrected chi connectivity index (χ2v) is 7.38. The molecular formula is C20H31FN2O. The summed E-state index contributed by atoms with van der Waals surface area (Å²) in [5.41, 5.74) is 0.820. The van der Waals surface area contributed by atoms with E-state index in [4.69, 9.17) is 0 Å². The predicted octanol–water partition coefficient (Wildman–Crippen LogP) is 3.59. The molecule has 2 aliphatic heterocycles. The molecule has 3 nitrogen and oxygen atoms in total. The predicted molar refractivity (Wildman–Crippen MR) is 95.5 cm³/mol. The van der Waals surface area contributed by atoms with Crippen molar-refractivity contribution in [3.05, 3.63) is 35.6 Å². The summed E-state index contributed by atoms with van der Waals surface area (Å²) in [6.45, 7) is 6.04. The first-order chi connectivity index (χ1) is 11.7. The van der Waals surface area contributed by atoms with Crippen LogP contribution in [0.1, 0.15) is 56.6 Å². The summed E-state index contributed by atoms with van der Waals surface area (Å²) in [4.78, 5) is 5.25. The van der Waals surface area contributed by atoms with E-state index in [0.29, 0.717) is 0 Å². The highest BCUT2D eigenvalue weighted by atomic mass is 19.1. The summed E-state index contributed by atoms with van der Waals surface area (Å²) in [5, 5.41) is 10.2. The van der Waals surface area contributed by atoms with Crippen LogP contribution >= 0.6 is 0 Å². The van der Waals surface area contributed by atoms with Gasteiger partial charge >= 0.3 is 0 Å². The fraction of sp³-hybridized carbons (Fsp3) is 0.700. The third-order valence-corrected chi connectivity index (χ3v) is 5.67. The number of halogens is 1. The van der Waals surface area contributed by atoms with Gasteiger partial charge in [-0.1, -0.05) is 18.6 Å².